The fourth-order valence-electron chi connectivity index (χ4n) is 3.43. The lowest BCUT2D eigenvalue weighted by molar-refractivity contribution is -0.120. The minimum absolute atomic E-state index is 0.0425. The molecule has 0 aromatic heterocycles. The van der Waals surface area contributed by atoms with Gasteiger partial charge < -0.3 is 5.32 Å². The summed E-state index contributed by atoms with van der Waals surface area (Å²) in [5.41, 5.74) is 0.557. The predicted molar refractivity (Wildman–Crippen MR) is 89.9 cm³/mol. The minimum Gasteiger partial charge on any atom is -0.335 e. The van der Waals surface area contributed by atoms with Crippen LogP contribution in [0.1, 0.15) is 53.3 Å². The number of rotatable bonds is 3. The molecule has 1 aliphatic heterocycles. The largest absolute Gasteiger partial charge is 0.335 e. The molecule has 1 fully saturated rings. The van der Waals surface area contributed by atoms with Crippen LogP contribution < -0.4 is 10.6 Å². The summed E-state index contributed by atoms with van der Waals surface area (Å²) in [6.45, 7) is 1.60. The van der Waals surface area contributed by atoms with E-state index in [4.69, 9.17) is 0 Å². The molecule has 5 amide bonds. The maximum atomic E-state index is 12.2. The van der Waals surface area contributed by atoms with Gasteiger partial charge >= 0.3 is 6.03 Å². The Hall–Kier alpha value is -2.70. The van der Waals surface area contributed by atoms with Crippen LogP contribution in [-0.2, 0) is 4.79 Å². The van der Waals surface area contributed by atoms with E-state index in [1.54, 1.807) is 24.3 Å². The number of hydrogen-bond donors (Lipinski definition) is 2. The van der Waals surface area contributed by atoms with Crippen LogP contribution >= 0.6 is 0 Å². The van der Waals surface area contributed by atoms with Gasteiger partial charge in [-0.3, -0.25) is 24.6 Å². The second kappa shape index (κ2) is 7.04. The number of carbonyl (C=O) groups excluding carboxylic acids is 4. The molecule has 25 heavy (non-hydrogen) atoms. The number of urea groups is 1. The van der Waals surface area contributed by atoms with E-state index in [1.807, 2.05) is 0 Å². The highest BCUT2D eigenvalue weighted by atomic mass is 16.2. The third-order valence-corrected chi connectivity index (χ3v) is 4.86. The van der Waals surface area contributed by atoms with Gasteiger partial charge in [0.15, 0.2) is 0 Å². The zero-order valence-electron chi connectivity index (χ0n) is 14.1. The van der Waals surface area contributed by atoms with E-state index in [0.29, 0.717) is 5.92 Å². The molecular weight excluding hydrogens is 322 g/mol. The summed E-state index contributed by atoms with van der Waals surface area (Å²) < 4.78 is 0. The molecule has 2 N–H and O–H groups in total. The van der Waals surface area contributed by atoms with Crippen molar-refractivity contribution in [1.82, 2.24) is 15.5 Å². The van der Waals surface area contributed by atoms with E-state index in [0.717, 1.165) is 30.6 Å². The van der Waals surface area contributed by atoms with Gasteiger partial charge in [0.05, 0.1) is 11.1 Å². The number of imide groups is 2. The maximum Gasteiger partial charge on any atom is 0.321 e. The van der Waals surface area contributed by atoms with E-state index in [9.17, 15) is 19.2 Å². The van der Waals surface area contributed by atoms with Crippen molar-refractivity contribution >= 4 is 23.8 Å². The molecule has 0 spiro atoms. The Kier molecular flexibility index (Phi) is 4.83. The van der Waals surface area contributed by atoms with Crippen LogP contribution in [0.4, 0.5) is 4.79 Å². The van der Waals surface area contributed by atoms with Gasteiger partial charge in [-0.05, 0) is 30.9 Å². The number of amides is 5. The summed E-state index contributed by atoms with van der Waals surface area (Å²) in [6.07, 6.45) is 4.15. The Labute approximate surface area is 145 Å². The zero-order valence-corrected chi connectivity index (χ0v) is 14.1. The molecule has 0 unspecified atom stereocenters. The van der Waals surface area contributed by atoms with Gasteiger partial charge in [-0.2, -0.15) is 0 Å². The van der Waals surface area contributed by atoms with E-state index in [2.05, 4.69) is 17.6 Å². The highest BCUT2D eigenvalue weighted by molar-refractivity contribution is 6.22. The third kappa shape index (κ3) is 3.55. The van der Waals surface area contributed by atoms with Crippen LogP contribution in [0.2, 0.25) is 0 Å². The molecule has 7 nitrogen and oxygen atoms in total. The topological polar surface area (TPSA) is 95.6 Å². The quantitative estimate of drug-likeness (QED) is 0.816. The summed E-state index contributed by atoms with van der Waals surface area (Å²) >= 11 is 0. The SMILES string of the molecule is C[C@@H]1CCCC[C@@H]1NC(=O)NC(=O)CN1C(=O)c2ccccc2C1=O. The molecule has 2 aliphatic rings. The monoisotopic (exact) mass is 343 g/mol. The molecule has 1 heterocycles. The van der Waals surface area contributed by atoms with E-state index >= 15 is 0 Å². The Balaban J connectivity index is 1.55. The predicted octanol–water partition coefficient (Wildman–Crippen LogP) is 1.69. The molecule has 1 aromatic carbocycles. The summed E-state index contributed by atoms with van der Waals surface area (Å²) in [5.74, 6) is -1.35. The Morgan fingerprint density at radius 3 is 2.28 bits per heavy atom. The fourth-order valence-corrected chi connectivity index (χ4v) is 3.43. The lowest BCUT2D eigenvalue weighted by Crippen LogP contribution is -2.50. The Morgan fingerprint density at radius 2 is 1.68 bits per heavy atom. The molecule has 132 valence electrons. The average Bonchev–Trinajstić information content (AvgIpc) is 2.82. The number of hydrogen-bond acceptors (Lipinski definition) is 4. The number of carbonyl (C=O) groups is 4. The molecule has 1 aromatic rings. The van der Waals surface area contributed by atoms with Crippen LogP contribution in [0.5, 0.6) is 0 Å². The zero-order chi connectivity index (χ0) is 18.0. The fraction of sp³-hybridized carbons (Fsp3) is 0.444. The van der Waals surface area contributed by atoms with E-state index < -0.39 is 30.3 Å². The number of fused-ring (bicyclic) bond motifs is 1. The van der Waals surface area contributed by atoms with Crippen LogP contribution in [0.25, 0.3) is 0 Å². The van der Waals surface area contributed by atoms with Gasteiger partial charge in [0.1, 0.15) is 6.54 Å². The lowest BCUT2D eigenvalue weighted by Gasteiger charge is -2.29. The average molecular weight is 343 g/mol. The molecule has 0 saturated heterocycles. The summed E-state index contributed by atoms with van der Waals surface area (Å²) in [6, 6.07) is 5.87. The molecule has 0 radical (unpaired) electrons. The van der Waals surface area contributed by atoms with Gasteiger partial charge in [-0.15, -0.1) is 0 Å². The van der Waals surface area contributed by atoms with Crippen molar-refractivity contribution < 1.29 is 19.2 Å². The van der Waals surface area contributed by atoms with Crippen molar-refractivity contribution in [2.24, 2.45) is 5.92 Å². The first-order chi connectivity index (χ1) is 12.0. The number of nitrogens with one attached hydrogen (secondary N) is 2. The summed E-state index contributed by atoms with van der Waals surface area (Å²) in [7, 11) is 0. The van der Waals surface area contributed by atoms with Crippen LogP contribution in [0.15, 0.2) is 24.3 Å². The Morgan fingerprint density at radius 1 is 1.08 bits per heavy atom. The Bertz CT molecular complexity index is 696. The van der Waals surface area contributed by atoms with Crippen molar-refractivity contribution in [2.75, 3.05) is 6.54 Å². The maximum absolute atomic E-state index is 12.2. The molecular formula is C18H21N3O4. The highest BCUT2D eigenvalue weighted by Gasteiger charge is 2.36. The van der Waals surface area contributed by atoms with Crippen LogP contribution in [-0.4, -0.2) is 41.2 Å². The highest BCUT2D eigenvalue weighted by Crippen LogP contribution is 2.24. The molecule has 0 bridgehead atoms. The van der Waals surface area contributed by atoms with Crippen molar-refractivity contribution in [2.45, 2.75) is 38.6 Å². The van der Waals surface area contributed by atoms with E-state index in [-0.39, 0.29) is 17.2 Å². The summed E-state index contributed by atoms with van der Waals surface area (Å²) in [5, 5.41) is 5.01. The van der Waals surface area contributed by atoms with Crippen LogP contribution in [0.3, 0.4) is 0 Å². The van der Waals surface area contributed by atoms with Crippen molar-refractivity contribution in [3.63, 3.8) is 0 Å². The van der Waals surface area contributed by atoms with Gasteiger partial charge in [-0.1, -0.05) is 31.9 Å². The van der Waals surface area contributed by atoms with Gasteiger partial charge in [0.25, 0.3) is 11.8 Å². The smallest absolute Gasteiger partial charge is 0.321 e. The molecule has 1 saturated carbocycles. The lowest BCUT2D eigenvalue weighted by atomic mass is 9.86. The second-order valence-electron chi connectivity index (χ2n) is 6.63. The standard InChI is InChI=1S/C18H21N3O4/c1-11-6-2-5-9-14(11)19-18(25)20-15(22)10-21-16(23)12-7-3-4-8-13(12)17(21)24/h3-4,7-8,11,14H,2,5-6,9-10H2,1H3,(H2,19,20,22,25)/t11-,14+/m1/s1. The van der Waals surface area contributed by atoms with Crippen molar-refractivity contribution in [1.29, 1.82) is 0 Å². The van der Waals surface area contributed by atoms with Gasteiger partial charge in [0, 0.05) is 6.04 Å². The second-order valence-corrected chi connectivity index (χ2v) is 6.63. The van der Waals surface area contributed by atoms with Crippen LogP contribution in [0, 0.1) is 5.92 Å². The molecule has 7 heteroatoms. The first-order valence-corrected chi connectivity index (χ1v) is 8.53. The van der Waals surface area contributed by atoms with Crippen molar-refractivity contribution in [3.05, 3.63) is 35.4 Å². The van der Waals surface area contributed by atoms with Gasteiger partial charge in [-0.25, -0.2) is 4.79 Å². The number of nitrogens with zero attached hydrogens (tertiary/aromatic N) is 1. The first-order valence-electron chi connectivity index (χ1n) is 8.53. The normalized spacial score (nSPS) is 22.5. The summed E-state index contributed by atoms with van der Waals surface area (Å²) in [4.78, 5) is 49.3. The third-order valence-electron chi connectivity index (χ3n) is 4.86. The molecule has 3 rings (SSSR count). The van der Waals surface area contributed by atoms with Gasteiger partial charge in [0.2, 0.25) is 5.91 Å². The van der Waals surface area contributed by atoms with Crippen molar-refractivity contribution in [3.8, 4) is 0 Å². The molecule has 1 aliphatic carbocycles. The van der Waals surface area contributed by atoms with E-state index in [1.165, 1.54) is 0 Å². The minimum atomic E-state index is -0.685. The molecule has 2 atom stereocenters. The first kappa shape index (κ1) is 17.1. The number of benzene rings is 1.